The normalized spacial score (nSPS) is 31.9. The van der Waals surface area contributed by atoms with Crippen LogP contribution in [0.25, 0.3) is 0 Å². The highest BCUT2D eigenvalue weighted by molar-refractivity contribution is 9.10. The summed E-state index contributed by atoms with van der Waals surface area (Å²) in [5, 5.41) is 0. The number of rotatable bonds is 2. The largest absolute Gasteiger partial charge is 0.457 e. The Kier molecular flexibility index (Phi) is 3.56. The number of furan rings is 1. The zero-order valence-corrected chi connectivity index (χ0v) is 12.4. The van der Waals surface area contributed by atoms with Crippen LogP contribution in [-0.2, 0) is 4.74 Å². The van der Waals surface area contributed by atoms with E-state index in [0.29, 0.717) is 16.8 Å². The molecule has 0 amide bonds. The summed E-state index contributed by atoms with van der Waals surface area (Å²) in [4.78, 5) is 12.5. The lowest BCUT2D eigenvalue weighted by atomic mass is 9.82. The molecule has 2 aliphatic heterocycles. The summed E-state index contributed by atoms with van der Waals surface area (Å²) in [6.07, 6.45) is 4.31. The zero-order valence-electron chi connectivity index (χ0n) is 9.99. The Morgan fingerprint density at radius 3 is 3.11 bits per heavy atom. The quantitative estimate of drug-likeness (QED) is 0.778. The van der Waals surface area contributed by atoms with Gasteiger partial charge in [0, 0.05) is 18.3 Å². The van der Waals surface area contributed by atoms with Gasteiger partial charge in [0.05, 0.1) is 17.4 Å². The summed E-state index contributed by atoms with van der Waals surface area (Å²) in [6, 6.07) is 1.75. The van der Waals surface area contributed by atoms with Gasteiger partial charge in [-0.1, -0.05) is 0 Å². The van der Waals surface area contributed by atoms with E-state index < -0.39 is 0 Å². The molecule has 0 N–H and O–H groups in total. The van der Waals surface area contributed by atoms with Crippen molar-refractivity contribution >= 4 is 33.5 Å². The van der Waals surface area contributed by atoms with Gasteiger partial charge in [0.25, 0.3) is 0 Å². The highest BCUT2D eigenvalue weighted by atomic mass is 79.9. The van der Waals surface area contributed by atoms with Crippen LogP contribution in [0, 0.1) is 5.92 Å². The van der Waals surface area contributed by atoms with Crippen LogP contribution in [0.4, 0.5) is 0 Å². The second-order valence-corrected chi connectivity index (χ2v) is 6.82. The van der Waals surface area contributed by atoms with Crippen molar-refractivity contribution in [3.8, 4) is 0 Å². The van der Waals surface area contributed by atoms with Crippen LogP contribution in [0.1, 0.15) is 29.6 Å². The number of halogens is 1. The minimum Gasteiger partial charge on any atom is -0.457 e. The third-order valence-corrected chi connectivity index (χ3v) is 5.65. The Bertz CT molecular complexity index is 451. The van der Waals surface area contributed by atoms with Gasteiger partial charge in [0.15, 0.2) is 10.5 Å². The van der Waals surface area contributed by atoms with Gasteiger partial charge in [0.1, 0.15) is 0 Å². The average Bonchev–Trinajstić information content (AvgIpc) is 2.98. The fraction of sp³-hybridized carbons (Fsp3) is 0.615. The lowest BCUT2D eigenvalue weighted by molar-refractivity contribution is -0.0734. The standard InChI is InChI=1S/C13H15BrO3S/c14-12-10(2-4-16-12)11(15)9-1-5-17-13(7-9)3-6-18-8-13/h2,4,9H,1,3,5-8H2. The molecule has 2 fully saturated rings. The summed E-state index contributed by atoms with van der Waals surface area (Å²) in [6.45, 7) is 0.701. The van der Waals surface area contributed by atoms with E-state index >= 15 is 0 Å². The molecule has 0 saturated carbocycles. The molecule has 3 heterocycles. The second kappa shape index (κ2) is 5.02. The number of ether oxygens (including phenoxy) is 1. The Morgan fingerprint density at radius 2 is 2.44 bits per heavy atom. The predicted octanol–water partition coefficient (Wildman–Crippen LogP) is 3.53. The van der Waals surface area contributed by atoms with E-state index in [-0.39, 0.29) is 17.3 Å². The molecule has 1 spiro atoms. The molecule has 3 nitrogen and oxygen atoms in total. The minimum absolute atomic E-state index is 0.0422. The predicted molar refractivity (Wildman–Crippen MR) is 74.1 cm³/mol. The van der Waals surface area contributed by atoms with E-state index in [4.69, 9.17) is 9.15 Å². The molecule has 5 heteroatoms. The fourth-order valence-electron chi connectivity index (χ4n) is 2.80. The lowest BCUT2D eigenvalue weighted by Gasteiger charge is -2.37. The molecule has 1 aromatic rings. The number of hydrogen-bond donors (Lipinski definition) is 0. The van der Waals surface area contributed by atoms with Crippen molar-refractivity contribution in [3.63, 3.8) is 0 Å². The first-order valence-electron chi connectivity index (χ1n) is 6.19. The van der Waals surface area contributed by atoms with Gasteiger partial charge in [-0.05, 0) is 47.0 Å². The first-order valence-corrected chi connectivity index (χ1v) is 8.14. The molecule has 2 saturated heterocycles. The Balaban J connectivity index is 1.76. The van der Waals surface area contributed by atoms with Crippen LogP contribution in [0.5, 0.6) is 0 Å². The molecule has 3 rings (SSSR count). The van der Waals surface area contributed by atoms with Gasteiger partial charge in [0.2, 0.25) is 0 Å². The Hall–Kier alpha value is -0.260. The van der Waals surface area contributed by atoms with Crippen LogP contribution in [0.2, 0.25) is 0 Å². The van der Waals surface area contributed by atoms with E-state index in [1.54, 1.807) is 12.3 Å². The molecule has 18 heavy (non-hydrogen) atoms. The van der Waals surface area contributed by atoms with Gasteiger partial charge in [-0.15, -0.1) is 0 Å². The maximum Gasteiger partial charge on any atom is 0.179 e. The molecular weight excluding hydrogens is 316 g/mol. The SMILES string of the molecule is O=C(c1ccoc1Br)C1CCOC2(CCSC2)C1. The van der Waals surface area contributed by atoms with Crippen molar-refractivity contribution in [2.45, 2.75) is 24.9 Å². The number of thioether (sulfide) groups is 1. The van der Waals surface area contributed by atoms with Crippen LogP contribution in [0.3, 0.4) is 0 Å². The third-order valence-electron chi connectivity index (χ3n) is 3.81. The Labute approximate surface area is 119 Å². The van der Waals surface area contributed by atoms with Crippen LogP contribution >= 0.6 is 27.7 Å². The molecule has 1 aromatic heterocycles. The van der Waals surface area contributed by atoms with E-state index in [9.17, 15) is 4.79 Å². The average molecular weight is 331 g/mol. The molecule has 2 atom stereocenters. The number of hydrogen-bond acceptors (Lipinski definition) is 4. The molecule has 0 bridgehead atoms. The lowest BCUT2D eigenvalue weighted by Crippen LogP contribution is -2.42. The van der Waals surface area contributed by atoms with E-state index in [0.717, 1.165) is 30.8 Å². The molecule has 0 aromatic carbocycles. The van der Waals surface area contributed by atoms with Gasteiger partial charge in [-0.25, -0.2) is 0 Å². The van der Waals surface area contributed by atoms with Crippen LogP contribution < -0.4 is 0 Å². The zero-order chi connectivity index (χ0) is 12.6. The Morgan fingerprint density at radius 1 is 1.56 bits per heavy atom. The van der Waals surface area contributed by atoms with Crippen molar-refractivity contribution in [3.05, 3.63) is 22.6 Å². The van der Waals surface area contributed by atoms with E-state index in [2.05, 4.69) is 15.9 Å². The van der Waals surface area contributed by atoms with Gasteiger partial charge >= 0.3 is 0 Å². The molecule has 0 aliphatic carbocycles. The second-order valence-electron chi connectivity index (χ2n) is 5.00. The van der Waals surface area contributed by atoms with Crippen molar-refractivity contribution < 1.29 is 13.9 Å². The van der Waals surface area contributed by atoms with Gasteiger partial charge in [-0.2, -0.15) is 11.8 Å². The van der Waals surface area contributed by atoms with Crippen LogP contribution in [0.15, 0.2) is 21.4 Å². The maximum absolute atomic E-state index is 12.5. The van der Waals surface area contributed by atoms with Gasteiger partial charge in [-0.3, -0.25) is 4.79 Å². The number of ketones is 1. The summed E-state index contributed by atoms with van der Waals surface area (Å²) in [7, 11) is 0. The number of carbonyl (C=O) groups is 1. The minimum atomic E-state index is -0.0422. The highest BCUT2D eigenvalue weighted by Gasteiger charge is 2.42. The topological polar surface area (TPSA) is 39.4 Å². The molecule has 98 valence electrons. The molecule has 0 radical (unpaired) electrons. The van der Waals surface area contributed by atoms with Crippen molar-refractivity contribution in [2.24, 2.45) is 5.92 Å². The number of carbonyl (C=O) groups excluding carboxylic acids is 1. The first-order chi connectivity index (χ1) is 8.70. The molecule has 2 aliphatic rings. The number of Topliss-reactive ketones (excluding diaryl/α,β-unsaturated/α-hetero) is 1. The van der Waals surface area contributed by atoms with Crippen molar-refractivity contribution in [1.82, 2.24) is 0 Å². The van der Waals surface area contributed by atoms with Crippen molar-refractivity contribution in [2.75, 3.05) is 18.1 Å². The molecular formula is C13H15BrO3S. The highest BCUT2D eigenvalue weighted by Crippen LogP contribution is 2.41. The molecule has 2 unspecified atom stereocenters. The summed E-state index contributed by atoms with van der Waals surface area (Å²) >= 11 is 5.22. The van der Waals surface area contributed by atoms with Gasteiger partial charge < -0.3 is 9.15 Å². The summed E-state index contributed by atoms with van der Waals surface area (Å²) in [5.41, 5.74) is 0.627. The summed E-state index contributed by atoms with van der Waals surface area (Å²) < 4.78 is 11.6. The first kappa shape index (κ1) is 12.8. The van der Waals surface area contributed by atoms with Crippen LogP contribution in [-0.4, -0.2) is 29.5 Å². The maximum atomic E-state index is 12.5. The smallest absolute Gasteiger partial charge is 0.179 e. The van der Waals surface area contributed by atoms with E-state index in [1.165, 1.54) is 0 Å². The van der Waals surface area contributed by atoms with Crippen molar-refractivity contribution in [1.29, 1.82) is 0 Å². The third kappa shape index (κ3) is 2.28. The summed E-state index contributed by atoms with van der Waals surface area (Å²) in [5.74, 6) is 2.45. The fourth-order valence-corrected chi connectivity index (χ4v) is 4.62. The monoisotopic (exact) mass is 330 g/mol. The van der Waals surface area contributed by atoms with E-state index in [1.807, 2.05) is 11.8 Å².